The van der Waals surface area contributed by atoms with Crippen molar-refractivity contribution in [3.8, 4) is 0 Å². The molecule has 0 aliphatic carbocycles. The third-order valence-electron chi connectivity index (χ3n) is 2.60. The minimum atomic E-state index is 0.953. The average molecular weight is 217 g/mol. The van der Waals surface area contributed by atoms with Crippen LogP contribution in [0.3, 0.4) is 0 Å². The molecule has 1 aromatic heterocycles. The summed E-state index contributed by atoms with van der Waals surface area (Å²) in [4.78, 5) is 0. The van der Waals surface area contributed by atoms with Gasteiger partial charge in [-0.15, -0.1) is 0 Å². The van der Waals surface area contributed by atoms with Crippen molar-refractivity contribution in [1.29, 1.82) is 0 Å². The van der Waals surface area contributed by atoms with Gasteiger partial charge in [-0.2, -0.15) is 0 Å². The lowest BCUT2D eigenvalue weighted by molar-refractivity contribution is 0.671. The zero-order chi connectivity index (χ0) is 10.8. The highest BCUT2D eigenvalue weighted by molar-refractivity contribution is 7.71. The molecule has 0 saturated heterocycles. The van der Waals surface area contributed by atoms with Crippen LogP contribution in [0.1, 0.15) is 18.9 Å². The van der Waals surface area contributed by atoms with Crippen molar-refractivity contribution in [2.75, 3.05) is 0 Å². The maximum Gasteiger partial charge on any atom is 0.113 e. The van der Waals surface area contributed by atoms with E-state index in [0.29, 0.717) is 0 Å². The Morgan fingerprint density at radius 1 is 1.27 bits per heavy atom. The molecule has 2 heteroatoms. The van der Waals surface area contributed by atoms with E-state index in [0.717, 1.165) is 17.6 Å². The predicted octanol–water partition coefficient (Wildman–Crippen LogP) is 4.09. The Morgan fingerprint density at radius 2 is 2.07 bits per heavy atom. The number of pyridine rings is 1. The molecule has 0 aliphatic rings. The van der Waals surface area contributed by atoms with Gasteiger partial charge >= 0.3 is 0 Å². The summed E-state index contributed by atoms with van der Waals surface area (Å²) in [5.41, 5.74) is 1.28. The van der Waals surface area contributed by atoms with E-state index in [-0.39, 0.29) is 0 Å². The van der Waals surface area contributed by atoms with E-state index < -0.39 is 0 Å². The van der Waals surface area contributed by atoms with Crippen LogP contribution in [-0.2, 0) is 6.54 Å². The van der Waals surface area contributed by atoms with Gasteiger partial charge in [0.1, 0.15) is 4.64 Å². The fraction of sp³-hybridized carbons (Fsp3) is 0.308. The van der Waals surface area contributed by atoms with Crippen LogP contribution in [0.4, 0.5) is 0 Å². The molecule has 2 aromatic rings. The van der Waals surface area contributed by atoms with Gasteiger partial charge in [-0.1, -0.05) is 42.9 Å². The molecule has 2 rings (SSSR count). The van der Waals surface area contributed by atoms with E-state index in [1.807, 2.05) is 0 Å². The van der Waals surface area contributed by atoms with Gasteiger partial charge in [-0.3, -0.25) is 0 Å². The molecule has 0 radical (unpaired) electrons. The lowest BCUT2D eigenvalue weighted by Gasteiger charge is -2.07. The molecule has 1 aromatic carbocycles. The topological polar surface area (TPSA) is 4.93 Å². The number of nitrogens with zero attached hydrogens (tertiary/aromatic N) is 1. The number of aromatic nitrogens is 1. The Morgan fingerprint density at radius 3 is 2.80 bits per heavy atom. The minimum absolute atomic E-state index is 0.953. The molecule has 0 fully saturated rings. The van der Waals surface area contributed by atoms with E-state index >= 15 is 0 Å². The number of rotatable bonds is 2. The average Bonchev–Trinajstić information content (AvgIpc) is 2.22. The van der Waals surface area contributed by atoms with E-state index in [1.54, 1.807) is 0 Å². The van der Waals surface area contributed by atoms with E-state index in [4.69, 9.17) is 12.2 Å². The molecule has 78 valence electrons. The van der Waals surface area contributed by atoms with Crippen molar-refractivity contribution >= 4 is 23.0 Å². The lowest BCUT2D eigenvalue weighted by Crippen LogP contribution is -1.98. The minimum Gasteiger partial charge on any atom is -0.339 e. The second kappa shape index (κ2) is 4.15. The first-order valence-electron chi connectivity index (χ1n) is 5.32. The molecule has 0 N–H and O–H groups in total. The Bertz CT molecular complexity index is 540. The van der Waals surface area contributed by atoms with Gasteiger partial charge in [0, 0.05) is 18.1 Å². The number of hydrogen-bond acceptors (Lipinski definition) is 1. The molecular formula is C13H15NS. The van der Waals surface area contributed by atoms with Gasteiger partial charge in [0.05, 0.1) is 0 Å². The smallest absolute Gasteiger partial charge is 0.113 e. The standard InChI is InChI=1S/C13H15NS/c1-3-7-14-8-6-11-9-10(2)4-5-12(11)13(14)15/h4-6,8-9H,3,7H2,1-2H3. The van der Waals surface area contributed by atoms with Crippen molar-refractivity contribution in [1.82, 2.24) is 4.57 Å². The fourth-order valence-corrected chi connectivity index (χ4v) is 2.16. The fourth-order valence-electron chi connectivity index (χ4n) is 1.82. The monoisotopic (exact) mass is 217 g/mol. The molecule has 0 atom stereocenters. The SMILES string of the molecule is CCCn1ccc2cc(C)ccc2c1=S. The van der Waals surface area contributed by atoms with Crippen LogP contribution < -0.4 is 0 Å². The zero-order valence-electron chi connectivity index (χ0n) is 9.16. The Hall–Kier alpha value is -1.15. The van der Waals surface area contributed by atoms with Gasteiger partial charge in [0.15, 0.2) is 0 Å². The lowest BCUT2D eigenvalue weighted by atomic mass is 10.1. The van der Waals surface area contributed by atoms with Crippen LogP contribution in [0.5, 0.6) is 0 Å². The summed E-state index contributed by atoms with van der Waals surface area (Å²) in [6.45, 7) is 5.28. The third-order valence-corrected chi connectivity index (χ3v) is 3.05. The summed E-state index contributed by atoms with van der Waals surface area (Å²) >= 11 is 5.47. The first kappa shape index (κ1) is 10.4. The maximum atomic E-state index is 5.47. The van der Waals surface area contributed by atoms with Gasteiger partial charge in [0.25, 0.3) is 0 Å². The highest BCUT2D eigenvalue weighted by Crippen LogP contribution is 2.17. The second-order valence-electron chi connectivity index (χ2n) is 3.90. The van der Waals surface area contributed by atoms with E-state index in [9.17, 15) is 0 Å². The van der Waals surface area contributed by atoms with Crippen LogP contribution in [0.2, 0.25) is 0 Å². The van der Waals surface area contributed by atoms with Gasteiger partial charge in [0.2, 0.25) is 0 Å². The summed E-state index contributed by atoms with van der Waals surface area (Å²) in [6.07, 6.45) is 3.21. The van der Waals surface area contributed by atoms with Gasteiger partial charge < -0.3 is 4.57 Å². The Kier molecular flexibility index (Phi) is 2.87. The molecule has 0 bridgehead atoms. The van der Waals surface area contributed by atoms with Gasteiger partial charge in [-0.05, 0) is 24.8 Å². The van der Waals surface area contributed by atoms with Crippen molar-refractivity contribution in [3.05, 3.63) is 40.7 Å². The Balaban J connectivity index is 2.69. The molecule has 1 nitrogen and oxygen atoms in total. The predicted molar refractivity (Wildman–Crippen MR) is 67.8 cm³/mol. The summed E-state index contributed by atoms with van der Waals surface area (Å²) in [5, 5.41) is 2.43. The zero-order valence-corrected chi connectivity index (χ0v) is 9.97. The number of fused-ring (bicyclic) bond motifs is 1. The molecule has 0 unspecified atom stereocenters. The van der Waals surface area contributed by atoms with Crippen molar-refractivity contribution in [3.63, 3.8) is 0 Å². The highest BCUT2D eigenvalue weighted by atomic mass is 32.1. The molecule has 0 aliphatic heterocycles. The largest absolute Gasteiger partial charge is 0.339 e. The summed E-state index contributed by atoms with van der Waals surface area (Å²) < 4.78 is 3.10. The van der Waals surface area contributed by atoms with Crippen molar-refractivity contribution in [2.24, 2.45) is 0 Å². The number of aryl methyl sites for hydroxylation is 2. The highest BCUT2D eigenvalue weighted by Gasteiger charge is 1.98. The van der Waals surface area contributed by atoms with Crippen LogP contribution in [0, 0.1) is 11.6 Å². The van der Waals surface area contributed by atoms with Crippen LogP contribution in [0.15, 0.2) is 30.5 Å². The molecule has 0 spiro atoms. The van der Waals surface area contributed by atoms with Gasteiger partial charge in [-0.25, -0.2) is 0 Å². The normalized spacial score (nSPS) is 10.8. The van der Waals surface area contributed by atoms with E-state index in [2.05, 4.69) is 48.9 Å². The summed E-state index contributed by atoms with van der Waals surface area (Å²) in [6, 6.07) is 8.57. The Labute approximate surface area is 95.4 Å². The molecular weight excluding hydrogens is 202 g/mol. The quantitative estimate of drug-likeness (QED) is 0.686. The first-order valence-corrected chi connectivity index (χ1v) is 5.73. The second-order valence-corrected chi connectivity index (χ2v) is 4.29. The third kappa shape index (κ3) is 1.95. The number of benzene rings is 1. The van der Waals surface area contributed by atoms with Crippen molar-refractivity contribution < 1.29 is 0 Å². The van der Waals surface area contributed by atoms with Crippen LogP contribution >= 0.6 is 12.2 Å². The molecule has 0 saturated carbocycles. The first-order chi connectivity index (χ1) is 7.22. The summed E-state index contributed by atoms with van der Waals surface area (Å²) in [7, 11) is 0. The summed E-state index contributed by atoms with van der Waals surface area (Å²) in [5.74, 6) is 0. The molecule has 0 amide bonds. The van der Waals surface area contributed by atoms with Crippen LogP contribution in [0.25, 0.3) is 10.8 Å². The molecule has 1 heterocycles. The maximum absolute atomic E-state index is 5.47. The van der Waals surface area contributed by atoms with Crippen LogP contribution in [-0.4, -0.2) is 4.57 Å². The van der Waals surface area contributed by atoms with E-state index in [1.165, 1.54) is 16.3 Å². The number of hydrogen-bond donors (Lipinski definition) is 0. The van der Waals surface area contributed by atoms with Crippen molar-refractivity contribution in [2.45, 2.75) is 26.8 Å². The molecule has 15 heavy (non-hydrogen) atoms.